The topological polar surface area (TPSA) is 35.0 Å². The van der Waals surface area contributed by atoms with Crippen molar-refractivity contribution >= 4 is 11.6 Å². The predicted octanol–water partition coefficient (Wildman–Crippen LogP) is 4.99. The molecule has 1 atom stereocenters. The second kappa shape index (κ2) is 8.36. The molecule has 0 bridgehead atoms. The maximum absolute atomic E-state index is 6.12. The molecule has 1 aromatic rings. The van der Waals surface area contributed by atoms with E-state index in [0.29, 0.717) is 11.0 Å². The van der Waals surface area contributed by atoms with Crippen LogP contribution in [0.25, 0.3) is 0 Å². The number of halogens is 1. The van der Waals surface area contributed by atoms with Gasteiger partial charge < -0.3 is 4.74 Å². The van der Waals surface area contributed by atoms with Crippen LogP contribution in [0.15, 0.2) is 6.33 Å². The fourth-order valence-electron chi connectivity index (χ4n) is 2.05. The molecule has 1 rings (SSSR count). The third-order valence-electron chi connectivity index (χ3n) is 3.15. The molecular weight excluding hydrogens is 260 g/mol. The second-order valence-electron chi connectivity index (χ2n) is 5.32. The lowest BCUT2D eigenvalue weighted by Gasteiger charge is -2.18. The van der Waals surface area contributed by atoms with E-state index in [0.717, 1.165) is 12.0 Å². The standard InChI is InChI=1S/C15H25ClN2O/c1-5-6-7-8-9-12(4)19-15-13(11(2)3)14(16)17-10-18-15/h10-12H,5-9H2,1-4H3. The highest BCUT2D eigenvalue weighted by Gasteiger charge is 2.16. The molecule has 1 heterocycles. The fourth-order valence-corrected chi connectivity index (χ4v) is 2.39. The number of nitrogens with zero attached hydrogens (tertiary/aromatic N) is 2. The zero-order valence-electron chi connectivity index (χ0n) is 12.4. The summed E-state index contributed by atoms with van der Waals surface area (Å²) in [5, 5.41) is 0.498. The van der Waals surface area contributed by atoms with Crippen LogP contribution in [-0.2, 0) is 0 Å². The van der Waals surface area contributed by atoms with E-state index < -0.39 is 0 Å². The summed E-state index contributed by atoms with van der Waals surface area (Å²) >= 11 is 6.12. The van der Waals surface area contributed by atoms with Gasteiger partial charge in [0.1, 0.15) is 11.5 Å². The van der Waals surface area contributed by atoms with Gasteiger partial charge >= 0.3 is 0 Å². The quantitative estimate of drug-likeness (QED) is 0.498. The summed E-state index contributed by atoms with van der Waals surface area (Å²) in [6.07, 6.45) is 7.71. The van der Waals surface area contributed by atoms with Gasteiger partial charge in [0.15, 0.2) is 0 Å². The molecule has 108 valence electrons. The number of unbranched alkanes of at least 4 members (excludes halogenated alkanes) is 3. The maximum Gasteiger partial charge on any atom is 0.221 e. The minimum absolute atomic E-state index is 0.167. The van der Waals surface area contributed by atoms with E-state index in [1.54, 1.807) is 0 Å². The van der Waals surface area contributed by atoms with Crippen LogP contribution in [0.3, 0.4) is 0 Å². The second-order valence-corrected chi connectivity index (χ2v) is 5.67. The van der Waals surface area contributed by atoms with Gasteiger partial charge in [0.25, 0.3) is 0 Å². The summed E-state index contributed by atoms with van der Waals surface area (Å²) in [6.45, 7) is 8.45. The third kappa shape index (κ3) is 5.35. The van der Waals surface area contributed by atoms with E-state index >= 15 is 0 Å². The first-order chi connectivity index (χ1) is 9.06. The summed E-state index contributed by atoms with van der Waals surface area (Å²) in [6, 6.07) is 0. The van der Waals surface area contributed by atoms with Crippen molar-refractivity contribution in [2.75, 3.05) is 0 Å². The first-order valence-electron chi connectivity index (χ1n) is 7.23. The fraction of sp³-hybridized carbons (Fsp3) is 0.733. The van der Waals surface area contributed by atoms with Crippen LogP contribution in [0, 0.1) is 0 Å². The van der Waals surface area contributed by atoms with Gasteiger partial charge in [-0.05, 0) is 25.7 Å². The van der Waals surface area contributed by atoms with Crippen LogP contribution in [0.4, 0.5) is 0 Å². The summed E-state index contributed by atoms with van der Waals surface area (Å²) in [5.41, 5.74) is 0.907. The lowest BCUT2D eigenvalue weighted by atomic mass is 10.1. The first kappa shape index (κ1) is 16.2. The van der Waals surface area contributed by atoms with Crippen LogP contribution in [-0.4, -0.2) is 16.1 Å². The smallest absolute Gasteiger partial charge is 0.221 e. The average Bonchev–Trinajstić information content (AvgIpc) is 2.34. The third-order valence-corrected chi connectivity index (χ3v) is 3.45. The van der Waals surface area contributed by atoms with Gasteiger partial charge in [0, 0.05) is 0 Å². The Bertz CT molecular complexity index is 382. The Balaban J connectivity index is 2.58. The number of aromatic nitrogens is 2. The van der Waals surface area contributed by atoms with Gasteiger partial charge in [-0.2, -0.15) is 0 Å². The Kier molecular flexibility index (Phi) is 7.14. The monoisotopic (exact) mass is 284 g/mol. The molecule has 0 aromatic carbocycles. The minimum atomic E-state index is 0.167. The first-order valence-corrected chi connectivity index (χ1v) is 7.61. The summed E-state index contributed by atoms with van der Waals surface area (Å²) in [5.74, 6) is 0.897. The van der Waals surface area contributed by atoms with E-state index in [1.165, 1.54) is 32.0 Å². The lowest BCUT2D eigenvalue weighted by Crippen LogP contribution is -2.14. The van der Waals surface area contributed by atoms with Crippen LogP contribution in [0.2, 0.25) is 5.15 Å². The molecule has 0 fully saturated rings. The van der Waals surface area contributed by atoms with E-state index in [1.807, 2.05) is 0 Å². The van der Waals surface area contributed by atoms with Gasteiger partial charge in [-0.15, -0.1) is 0 Å². The summed E-state index contributed by atoms with van der Waals surface area (Å²) in [4.78, 5) is 8.26. The highest BCUT2D eigenvalue weighted by Crippen LogP contribution is 2.30. The van der Waals surface area contributed by atoms with E-state index in [-0.39, 0.29) is 12.0 Å². The highest BCUT2D eigenvalue weighted by molar-refractivity contribution is 6.30. The molecule has 19 heavy (non-hydrogen) atoms. The zero-order chi connectivity index (χ0) is 14.3. The Morgan fingerprint density at radius 1 is 1.16 bits per heavy atom. The van der Waals surface area contributed by atoms with E-state index in [2.05, 4.69) is 37.7 Å². The SMILES string of the molecule is CCCCCCC(C)Oc1ncnc(Cl)c1C(C)C. The molecule has 0 N–H and O–H groups in total. The molecule has 0 radical (unpaired) electrons. The van der Waals surface area contributed by atoms with E-state index in [9.17, 15) is 0 Å². The van der Waals surface area contributed by atoms with Crippen molar-refractivity contribution in [1.82, 2.24) is 9.97 Å². The number of rotatable bonds is 8. The molecule has 1 unspecified atom stereocenters. The van der Waals surface area contributed by atoms with Gasteiger partial charge in [-0.25, -0.2) is 9.97 Å². The van der Waals surface area contributed by atoms with Crippen LogP contribution >= 0.6 is 11.6 Å². The average molecular weight is 285 g/mol. The van der Waals surface area contributed by atoms with Gasteiger partial charge in [-0.3, -0.25) is 0 Å². The molecule has 0 aliphatic heterocycles. The van der Waals surface area contributed by atoms with Crippen molar-refractivity contribution in [3.63, 3.8) is 0 Å². The molecule has 0 saturated carbocycles. The summed E-state index contributed by atoms with van der Waals surface area (Å²) < 4.78 is 5.93. The normalized spacial score (nSPS) is 12.7. The highest BCUT2D eigenvalue weighted by atomic mass is 35.5. The lowest BCUT2D eigenvalue weighted by molar-refractivity contribution is 0.195. The Hall–Kier alpha value is -0.830. The molecule has 4 heteroatoms. The molecule has 0 saturated heterocycles. The van der Waals surface area contributed by atoms with Gasteiger partial charge in [0.2, 0.25) is 5.88 Å². The van der Waals surface area contributed by atoms with Crippen LogP contribution < -0.4 is 4.74 Å². The Morgan fingerprint density at radius 3 is 2.53 bits per heavy atom. The molecule has 1 aromatic heterocycles. The zero-order valence-corrected chi connectivity index (χ0v) is 13.2. The van der Waals surface area contributed by atoms with Crippen molar-refractivity contribution in [1.29, 1.82) is 0 Å². The molecule has 0 aliphatic rings. The number of hydrogen-bond donors (Lipinski definition) is 0. The maximum atomic E-state index is 6.12. The van der Waals surface area contributed by atoms with Crippen molar-refractivity contribution < 1.29 is 4.74 Å². The molecule has 0 amide bonds. The Labute approximate surface area is 121 Å². The molecule has 0 spiro atoms. The van der Waals surface area contributed by atoms with E-state index in [4.69, 9.17) is 16.3 Å². The summed E-state index contributed by atoms with van der Waals surface area (Å²) in [7, 11) is 0. The minimum Gasteiger partial charge on any atom is -0.474 e. The molecule has 0 aliphatic carbocycles. The van der Waals surface area contributed by atoms with Crippen molar-refractivity contribution in [3.05, 3.63) is 17.0 Å². The Morgan fingerprint density at radius 2 is 1.89 bits per heavy atom. The predicted molar refractivity (Wildman–Crippen MR) is 80.0 cm³/mol. The molecule has 3 nitrogen and oxygen atoms in total. The van der Waals surface area contributed by atoms with Gasteiger partial charge in [-0.1, -0.05) is 51.6 Å². The van der Waals surface area contributed by atoms with Crippen molar-refractivity contribution in [2.24, 2.45) is 0 Å². The largest absolute Gasteiger partial charge is 0.474 e. The van der Waals surface area contributed by atoms with Gasteiger partial charge in [0.05, 0.1) is 11.7 Å². The number of hydrogen-bond acceptors (Lipinski definition) is 3. The number of ether oxygens (including phenoxy) is 1. The van der Waals surface area contributed by atoms with Crippen molar-refractivity contribution in [2.45, 2.75) is 71.8 Å². The van der Waals surface area contributed by atoms with Crippen molar-refractivity contribution in [3.8, 4) is 5.88 Å². The van der Waals surface area contributed by atoms with Crippen LogP contribution in [0.5, 0.6) is 5.88 Å². The van der Waals surface area contributed by atoms with Crippen LogP contribution in [0.1, 0.15) is 71.3 Å². The molecular formula is C15H25ClN2O.